The van der Waals surface area contributed by atoms with E-state index in [1.54, 1.807) is 43.3 Å². The van der Waals surface area contributed by atoms with Gasteiger partial charge in [0.1, 0.15) is 5.75 Å². The molecule has 2 N–H and O–H groups in total. The molecule has 6 nitrogen and oxygen atoms in total. The quantitative estimate of drug-likeness (QED) is 0.709. The van der Waals surface area contributed by atoms with Crippen LogP contribution in [0.1, 0.15) is 0 Å². The van der Waals surface area contributed by atoms with Crippen LogP contribution in [-0.4, -0.2) is 50.5 Å². The van der Waals surface area contributed by atoms with Crippen LogP contribution in [0, 0.1) is 12.3 Å². The third-order valence-corrected chi connectivity index (χ3v) is 2.57. The van der Waals surface area contributed by atoms with Crippen molar-refractivity contribution in [3.8, 4) is 18.1 Å². The molecule has 0 aliphatic carbocycles. The number of likely N-dealkylation sites (N-methyl/N-ethyl adjacent to an activating group) is 1. The second-order valence-electron chi connectivity index (χ2n) is 4.43. The minimum Gasteiger partial charge on any atom is -0.497 e. The number of benzene rings is 1. The van der Waals surface area contributed by atoms with E-state index < -0.39 is 0 Å². The molecule has 0 aliphatic rings. The molecule has 0 unspecified atom stereocenters. The van der Waals surface area contributed by atoms with Crippen molar-refractivity contribution in [3.05, 3.63) is 24.3 Å². The fourth-order valence-electron chi connectivity index (χ4n) is 1.65. The summed E-state index contributed by atoms with van der Waals surface area (Å²) < 4.78 is 5.08. The van der Waals surface area contributed by atoms with E-state index in [1.807, 2.05) is 0 Å². The number of terminal acetylenes is 1. The molecule has 0 heterocycles. The fraction of sp³-hybridized carbons (Fsp3) is 0.333. The van der Waals surface area contributed by atoms with Crippen LogP contribution >= 0.6 is 0 Å². The van der Waals surface area contributed by atoms with Gasteiger partial charge in [-0.15, -0.1) is 6.42 Å². The molecule has 1 aromatic carbocycles. The molecule has 21 heavy (non-hydrogen) atoms. The number of amides is 2. The zero-order valence-corrected chi connectivity index (χ0v) is 12.2. The van der Waals surface area contributed by atoms with Gasteiger partial charge in [0.15, 0.2) is 0 Å². The zero-order chi connectivity index (χ0) is 15.7. The van der Waals surface area contributed by atoms with Gasteiger partial charge in [-0.1, -0.05) is 12.0 Å². The van der Waals surface area contributed by atoms with Crippen molar-refractivity contribution in [2.75, 3.05) is 39.1 Å². The van der Waals surface area contributed by atoms with Gasteiger partial charge in [-0.25, -0.2) is 0 Å². The second-order valence-corrected chi connectivity index (χ2v) is 4.43. The lowest BCUT2D eigenvalue weighted by atomic mass is 10.3. The number of nitrogens with zero attached hydrogens (tertiary/aromatic N) is 1. The Labute approximate surface area is 124 Å². The monoisotopic (exact) mass is 289 g/mol. The summed E-state index contributed by atoms with van der Waals surface area (Å²) in [6.45, 7) is 0.385. The smallest absolute Gasteiger partial charge is 0.238 e. The Morgan fingerprint density at radius 3 is 2.71 bits per heavy atom. The van der Waals surface area contributed by atoms with Crippen LogP contribution in [0.5, 0.6) is 5.75 Å². The molecule has 0 saturated carbocycles. The fourth-order valence-corrected chi connectivity index (χ4v) is 1.65. The van der Waals surface area contributed by atoms with Gasteiger partial charge >= 0.3 is 0 Å². The number of carbonyl (C=O) groups excluding carboxylic acids is 2. The van der Waals surface area contributed by atoms with Gasteiger partial charge in [0.25, 0.3) is 0 Å². The van der Waals surface area contributed by atoms with E-state index in [0.717, 1.165) is 0 Å². The van der Waals surface area contributed by atoms with E-state index in [9.17, 15) is 9.59 Å². The molecule has 0 atom stereocenters. The van der Waals surface area contributed by atoms with Gasteiger partial charge in [-0.2, -0.15) is 0 Å². The normalized spacial score (nSPS) is 9.81. The van der Waals surface area contributed by atoms with Crippen molar-refractivity contribution in [1.29, 1.82) is 0 Å². The minimum absolute atomic E-state index is 0.0979. The van der Waals surface area contributed by atoms with Crippen molar-refractivity contribution in [3.63, 3.8) is 0 Å². The van der Waals surface area contributed by atoms with Crippen LogP contribution < -0.4 is 15.4 Å². The van der Waals surface area contributed by atoms with Gasteiger partial charge in [-0.05, 0) is 19.2 Å². The molecule has 0 aliphatic heterocycles. The lowest BCUT2D eigenvalue weighted by molar-refractivity contribution is -0.122. The van der Waals surface area contributed by atoms with Crippen LogP contribution in [0.2, 0.25) is 0 Å². The van der Waals surface area contributed by atoms with E-state index in [4.69, 9.17) is 11.2 Å². The third kappa shape index (κ3) is 6.45. The highest BCUT2D eigenvalue weighted by Crippen LogP contribution is 2.16. The largest absolute Gasteiger partial charge is 0.497 e. The number of hydrogen-bond acceptors (Lipinski definition) is 4. The van der Waals surface area contributed by atoms with Crippen molar-refractivity contribution in [2.45, 2.75) is 0 Å². The predicted molar refractivity (Wildman–Crippen MR) is 81.0 cm³/mol. The summed E-state index contributed by atoms with van der Waals surface area (Å²) in [6, 6.07) is 7.06. The van der Waals surface area contributed by atoms with Gasteiger partial charge in [0, 0.05) is 11.8 Å². The maximum Gasteiger partial charge on any atom is 0.238 e. The van der Waals surface area contributed by atoms with Crippen molar-refractivity contribution in [1.82, 2.24) is 10.2 Å². The zero-order valence-electron chi connectivity index (χ0n) is 12.2. The average molecular weight is 289 g/mol. The second kappa shape index (κ2) is 8.61. The van der Waals surface area contributed by atoms with Gasteiger partial charge in [0.2, 0.25) is 11.8 Å². The Hall–Kier alpha value is -2.52. The summed E-state index contributed by atoms with van der Waals surface area (Å²) in [6.07, 6.45) is 5.05. The summed E-state index contributed by atoms with van der Waals surface area (Å²) in [5, 5.41) is 5.28. The topological polar surface area (TPSA) is 70.7 Å². The predicted octanol–water partition coefficient (Wildman–Crippen LogP) is 0.315. The Morgan fingerprint density at radius 1 is 1.33 bits per heavy atom. The molecule has 6 heteroatoms. The SMILES string of the molecule is C#CCNC(=O)CN(C)CC(=O)Nc1cccc(OC)c1. The Morgan fingerprint density at radius 2 is 2.05 bits per heavy atom. The first-order valence-electron chi connectivity index (χ1n) is 6.37. The molecule has 0 saturated heterocycles. The van der Waals surface area contributed by atoms with Gasteiger partial charge in [0.05, 0.1) is 26.7 Å². The molecule has 1 aromatic rings. The van der Waals surface area contributed by atoms with E-state index in [1.165, 1.54) is 0 Å². The highest BCUT2D eigenvalue weighted by atomic mass is 16.5. The van der Waals surface area contributed by atoms with Crippen LogP contribution in [0.15, 0.2) is 24.3 Å². The first-order chi connectivity index (χ1) is 10.0. The molecular weight excluding hydrogens is 270 g/mol. The van der Waals surface area contributed by atoms with Crippen LogP contribution in [0.3, 0.4) is 0 Å². The maximum atomic E-state index is 11.9. The number of carbonyl (C=O) groups is 2. The average Bonchev–Trinajstić information content (AvgIpc) is 2.44. The summed E-state index contributed by atoms with van der Waals surface area (Å²) in [4.78, 5) is 24.9. The highest BCUT2D eigenvalue weighted by Gasteiger charge is 2.10. The van der Waals surface area contributed by atoms with Crippen molar-refractivity contribution < 1.29 is 14.3 Å². The van der Waals surface area contributed by atoms with E-state index >= 15 is 0 Å². The molecule has 2 amide bonds. The molecule has 0 aromatic heterocycles. The van der Waals surface area contributed by atoms with Crippen molar-refractivity contribution >= 4 is 17.5 Å². The first kappa shape index (κ1) is 16.5. The van der Waals surface area contributed by atoms with Crippen LogP contribution in [0.25, 0.3) is 0 Å². The van der Waals surface area contributed by atoms with Crippen LogP contribution in [0.4, 0.5) is 5.69 Å². The van der Waals surface area contributed by atoms with Gasteiger partial charge < -0.3 is 15.4 Å². The number of nitrogens with one attached hydrogen (secondary N) is 2. The first-order valence-corrected chi connectivity index (χ1v) is 6.37. The lowest BCUT2D eigenvalue weighted by Crippen LogP contribution is -2.39. The number of rotatable bonds is 7. The molecule has 0 spiro atoms. The van der Waals surface area contributed by atoms with Gasteiger partial charge in [-0.3, -0.25) is 14.5 Å². The summed E-state index contributed by atoms with van der Waals surface area (Å²) in [5.41, 5.74) is 0.643. The lowest BCUT2D eigenvalue weighted by Gasteiger charge is -2.15. The van der Waals surface area contributed by atoms with E-state index in [-0.39, 0.29) is 31.4 Å². The molecule has 0 radical (unpaired) electrons. The Bertz CT molecular complexity index is 537. The Kier molecular flexibility index (Phi) is 6.78. The summed E-state index contributed by atoms with van der Waals surface area (Å²) in [5.74, 6) is 2.55. The van der Waals surface area contributed by atoms with Crippen molar-refractivity contribution in [2.24, 2.45) is 0 Å². The Balaban J connectivity index is 2.42. The maximum absolute atomic E-state index is 11.9. The molecule has 0 bridgehead atoms. The van der Waals surface area contributed by atoms with E-state index in [0.29, 0.717) is 11.4 Å². The number of anilines is 1. The molecule has 0 fully saturated rings. The van der Waals surface area contributed by atoms with Crippen LogP contribution in [-0.2, 0) is 9.59 Å². The van der Waals surface area contributed by atoms with E-state index in [2.05, 4.69) is 16.6 Å². The molecule has 112 valence electrons. The summed E-state index contributed by atoms with van der Waals surface area (Å²) >= 11 is 0. The standard InChI is InChI=1S/C15H19N3O3/c1-4-8-16-14(19)10-18(2)11-15(20)17-12-6-5-7-13(9-12)21-3/h1,5-7,9H,8,10-11H2,2-3H3,(H,16,19)(H,17,20). The number of methoxy groups -OCH3 is 1. The minimum atomic E-state index is -0.218. The molecular formula is C15H19N3O3. The highest BCUT2D eigenvalue weighted by molar-refractivity contribution is 5.92. The number of hydrogen-bond donors (Lipinski definition) is 2. The summed E-state index contributed by atoms with van der Waals surface area (Å²) in [7, 11) is 3.24. The third-order valence-electron chi connectivity index (χ3n) is 2.57. The molecule has 1 rings (SSSR count). The number of ether oxygens (including phenoxy) is 1.